The van der Waals surface area contributed by atoms with Crippen molar-refractivity contribution in [2.75, 3.05) is 0 Å². The Balaban J connectivity index is 1.70. The van der Waals surface area contributed by atoms with Crippen molar-refractivity contribution in [1.29, 1.82) is 0 Å². The number of benzene rings is 1. The standard InChI is InChI=1S/C20H17N3OS/c24-20-16-13-6-2-4-8-15(13)25-19(16)22-18-17-12(9-10-23(18)20)11-5-1-3-7-14(11)21-17/h1,3,5,7,21H,2,4,6,8-10H2. The second-order valence-electron chi connectivity index (χ2n) is 7.06. The molecule has 1 aliphatic heterocycles. The Kier molecular flexibility index (Phi) is 2.67. The second-order valence-corrected chi connectivity index (χ2v) is 8.14. The number of fused-ring (bicyclic) bond motifs is 8. The molecular weight excluding hydrogens is 330 g/mol. The van der Waals surface area contributed by atoms with Gasteiger partial charge in [0, 0.05) is 22.3 Å². The Hall–Kier alpha value is -2.40. The number of nitrogens with one attached hydrogen (secondary N) is 1. The first-order chi connectivity index (χ1) is 12.3. The maximum Gasteiger partial charge on any atom is 0.262 e. The molecule has 0 saturated heterocycles. The maximum atomic E-state index is 13.2. The molecule has 0 unspecified atom stereocenters. The Bertz CT molecular complexity index is 1230. The highest BCUT2D eigenvalue weighted by Crippen LogP contribution is 2.37. The van der Waals surface area contributed by atoms with Gasteiger partial charge in [-0.2, -0.15) is 0 Å². The minimum atomic E-state index is 0.156. The zero-order valence-corrected chi connectivity index (χ0v) is 14.6. The van der Waals surface area contributed by atoms with Crippen LogP contribution in [0, 0.1) is 0 Å². The van der Waals surface area contributed by atoms with Gasteiger partial charge in [-0.05, 0) is 49.3 Å². The van der Waals surface area contributed by atoms with E-state index in [1.54, 1.807) is 11.3 Å². The number of para-hydroxylation sites is 1. The average Bonchev–Trinajstić information content (AvgIpc) is 3.20. The SMILES string of the molecule is O=c1c2c3c(sc2nc2n1CCc1c-2[nH]c2ccccc12)CCCC3. The summed E-state index contributed by atoms with van der Waals surface area (Å²) in [6.07, 6.45) is 5.43. The number of H-pyrrole nitrogens is 1. The number of rotatable bonds is 0. The van der Waals surface area contributed by atoms with Gasteiger partial charge in [0.1, 0.15) is 4.83 Å². The summed E-state index contributed by atoms with van der Waals surface area (Å²) in [7, 11) is 0. The fourth-order valence-electron chi connectivity index (χ4n) is 4.51. The zero-order chi connectivity index (χ0) is 16.5. The molecule has 1 N–H and O–H groups in total. The first kappa shape index (κ1) is 13.8. The van der Waals surface area contributed by atoms with E-state index in [1.807, 2.05) is 10.6 Å². The highest BCUT2D eigenvalue weighted by molar-refractivity contribution is 7.18. The van der Waals surface area contributed by atoms with Crippen LogP contribution in [0.5, 0.6) is 0 Å². The first-order valence-corrected chi connectivity index (χ1v) is 9.78. The lowest BCUT2D eigenvalue weighted by atomic mass is 9.97. The van der Waals surface area contributed by atoms with Crippen LogP contribution >= 0.6 is 11.3 Å². The van der Waals surface area contributed by atoms with Crippen LogP contribution in [0.3, 0.4) is 0 Å². The van der Waals surface area contributed by atoms with Crippen LogP contribution in [-0.4, -0.2) is 14.5 Å². The van der Waals surface area contributed by atoms with Gasteiger partial charge in [0.15, 0.2) is 5.82 Å². The van der Waals surface area contributed by atoms with E-state index in [0.29, 0.717) is 0 Å². The highest BCUT2D eigenvalue weighted by Gasteiger charge is 2.27. The number of aromatic amines is 1. The average molecular weight is 347 g/mol. The van der Waals surface area contributed by atoms with E-state index in [2.05, 4.69) is 23.2 Å². The molecule has 1 aliphatic carbocycles. The van der Waals surface area contributed by atoms with Crippen molar-refractivity contribution in [1.82, 2.24) is 14.5 Å². The smallest absolute Gasteiger partial charge is 0.262 e. The predicted molar refractivity (Wildman–Crippen MR) is 102 cm³/mol. The second kappa shape index (κ2) is 4.82. The molecule has 25 heavy (non-hydrogen) atoms. The molecule has 0 amide bonds. The molecule has 4 heterocycles. The molecule has 4 nitrogen and oxygen atoms in total. The molecule has 0 bridgehead atoms. The molecule has 1 aromatic carbocycles. The van der Waals surface area contributed by atoms with Crippen LogP contribution in [0.2, 0.25) is 0 Å². The minimum Gasteiger partial charge on any atom is -0.352 e. The van der Waals surface area contributed by atoms with Gasteiger partial charge in [-0.1, -0.05) is 18.2 Å². The molecule has 4 aromatic rings. The monoisotopic (exact) mass is 347 g/mol. The molecule has 124 valence electrons. The van der Waals surface area contributed by atoms with Crippen LogP contribution in [-0.2, 0) is 25.8 Å². The molecule has 0 radical (unpaired) electrons. The van der Waals surface area contributed by atoms with Crippen molar-refractivity contribution in [3.05, 3.63) is 50.6 Å². The van der Waals surface area contributed by atoms with Crippen LogP contribution in [0.15, 0.2) is 29.1 Å². The molecule has 0 atom stereocenters. The molecule has 0 fully saturated rings. The van der Waals surface area contributed by atoms with E-state index in [9.17, 15) is 4.79 Å². The number of hydrogen-bond donors (Lipinski definition) is 1. The normalized spacial score (nSPS) is 16.0. The lowest BCUT2D eigenvalue weighted by Gasteiger charge is -2.18. The fourth-order valence-corrected chi connectivity index (χ4v) is 5.76. The number of aryl methyl sites for hydroxylation is 3. The third-order valence-corrected chi connectivity index (χ3v) is 6.88. The molecule has 6 rings (SSSR count). The van der Waals surface area contributed by atoms with Gasteiger partial charge in [-0.25, -0.2) is 4.98 Å². The topological polar surface area (TPSA) is 50.7 Å². The summed E-state index contributed by atoms with van der Waals surface area (Å²) in [5.74, 6) is 0.813. The van der Waals surface area contributed by atoms with Gasteiger partial charge in [0.25, 0.3) is 5.56 Å². The van der Waals surface area contributed by atoms with E-state index in [-0.39, 0.29) is 5.56 Å². The van der Waals surface area contributed by atoms with Crippen LogP contribution in [0.1, 0.15) is 28.8 Å². The van der Waals surface area contributed by atoms with E-state index in [1.165, 1.54) is 34.2 Å². The maximum absolute atomic E-state index is 13.2. The quantitative estimate of drug-likeness (QED) is 0.522. The number of hydrogen-bond acceptors (Lipinski definition) is 3. The van der Waals surface area contributed by atoms with Crippen molar-refractivity contribution >= 4 is 32.5 Å². The fraction of sp³-hybridized carbons (Fsp3) is 0.300. The summed E-state index contributed by atoms with van der Waals surface area (Å²) >= 11 is 1.73. The van der Waals surface area contributed by atoms with Crippen molar-refractivity contribution in [3.8, 4) is 11.5 Å². The number of thiophene rings is 1. The third-order valence-electron chi connectivity index (χ3n) is 5.70. The van der Waals surface area contributed by atoms with Gasteiger partial charge in [0.2, 0.25) is 0 Å². The molecule has 3 aromatic heterocycles. The Morgan fingerprint density at radius 2 is 1.96 bits per heavy atom. The Morgan fingerprint density at radius 1 is 1.08 bits per heavy atom. The Morgan fingerprint density at radius 3 is 2.92 bits per heavy atom. The van der Waals surface area contributed by atoms with Crippen LogP contribution < -0.4 is 5.56 Å². The summed E-state index contributed by atoms with van der Waals surface area (Å²) in [4.78, 5) is 24.0. The summed E-state index contributed by atoms with van der Waals surface area (Å²) in [6, 6.07) is 8.36. The molecule has 0 saturated carbocycles. The van der Waals surface area contributed by atoms with Crippen molar-refractivity contribution in [2.24, 2.45) is 0 Å². The largest absolute Gasteiger partial charge is 0.352 e. The van der Waals surface area contributed by atoms with Crippen LogP contribution in [0.4, 0.5) is 0 Å². The summed E-state index contributed by atoms with van der Waals surface area (Å²) < 4.78 is 1.89. The zero-order valence-electron chi connectivity index (χ0n) is 13.8. The first-order valence-electron chi connectivity index (χ1n) is 8.96. The van der Waals surface area contributed by atoms with Crippen LogP contribution in [0.25, 0.3) is 32.6 Å². The van der Waals surface area contributed by atoms with Gasteiger partial charge in [-0.3, -0.25) is 9.36 Å². The van der Waals surface area contributed by atoms with E-state index < -0.39 is 0 Å². The van der Waals surface area contributed by atoms with Crippen molar-refractivity contribution in [3.63, 3.8) is 0 Å². The van der Waals surface area contributed by atoms with Gasteiger partial charge in [-0.15, -0.1) is 11.3 Å². The molecule has 5 heteroatoms. The van der Waals surface area contributed by atoms with Gasteiger partial charge >= 0.3 is 0 Å². The third kappa shape index (κ3) is 1.76. The van der Waals surface area contributed by atoms with Gasteiger partial charge in [0.05, 0.1) is 11.1 Å². The molecular formula is C20H17N3OS. The summed E-state index contributed by atoms with van der Waals surface area (Å²) in [5.41, 5.74) is 4.88. The minimum absolute atomic E-state index is 0.156. The van der Waals surface area contributed by atoms with Crippen molar-refractivity contribution in [2.45, 2.75) is 38.6 Å². The predicted octanol–water partition coefficient (Wildman–Crippen LogP) is 4.04. The van der Waals surface area contributed by atoms with Gasteiger partial charge < -0.3 is 4.98 Å². The van der Waals surface area contributed by atoms with E-state index in [4.69, 9.17) is 4.98 Å². The van der Waals surface area contributed by atoms with E-state index >= 15 is 0 Å². The summed E-state index contributed by atoms with van der Waals surface area (Å²) in [5, 5.41) is 2.14. The van der Waals surface area contributed by atoms with Crippen molar-refractivity contribution < 1.29 is 0 Å². The number of nitrogens with zero attached hydrogens (tertiary/aromatic N) is 2. The Labute approximate surface area is 148 Å². The molecule has 0 spiro atoms. The summed E-state index contributed by atoms with van der Waals surface area (Å²) in [6.45, 7) is 0.719. The molecule has 2 aliphatic rings. The van der Waals surface area contributed by atoms with E-state index in [0.717, 1.165) is 53.1 Å². The lowest BCUT2D eigenvalue weighted by Crippen LogP contribution is -2.27. The lowest BCUT2D eigenvalue weighted by molar-refractivity contribution is 0.651. The highest BCUT2D eigenvalue weighted by atomic mass is 32.1. The number of aromatic nitrogens is 3.